The monoisotopic (exact) mass is 490 g/mol. The van der Waals surface area contributed by atoms with Crippen LogP contribution in [-0.2, 0) is 32.3 Å². The van der Waals surface area contributed by atoms with Gasteiger partial charge < -0.3 is 14.7 Å². The topological polar surface area (TPSA) is 66.6 Å². The minimum Gasteiger partial charge on any atom is -0.488 e. The average molecular weight is 491 g/mol. The van der Waals surface area contributed by atoms with E-state index < -0.39 is 0 Å². The minimum atomic E-state index is 0.573. The van der Waals surface area contributed by atoms with Gasteiger partial charge in [0, 0.05) is 29.5 Å². The zero-order valence-electron chi connectivity index (χ0n) is 21.9. The molecule has 37 heavy (non-hydrogen) atoms. The van der Waals surface area contributed by atoms with Crippen LogP contribution in [0.25, 0.3) is 33.6 Å². The Labute approximate surface area is 218 Å². The molecule has 0 fully saturated rings. The van der Waals surface area contributed by atoms with Crippen molar-refractivity contribution in [3.63, 3.8) is 0 Å². The van der Waals surface area contributed by atoms with Crippen LogP contribution in [0.1, 0.15) is 62.1 Å². The van der Waals surface area contributed by atoms with Crippen molar-refractivity contribution in [1.29, 1.82) is 0 Å². The van der Waals surface area contributed by atoms with Gasteiger partial charge in [-0.2, -0.15) is 0 Å². The molecule has 0 radical (unpaired) electrons. The van der Waals surface area contributed by atoms with Gasteiger partial charge in [-0.15, -0.1) is 0 Å². The first-order chi connectivity index (χ1) is 18.1. The molecular formula is C32H34N4O. The van der Waals surface area contributed by atoms with Crippen LogP contribution in [-0.4, -0.2) is 19.9 Å². The smallest absolute Gasteiger partial charge is 0.128 e. The van der Waals surface area contributed by atoms with Gasteiger partial charge >= 0.3 is 0 Å². The molecule has 1 aliphatic heterocycles. The van der Waals surface area contributed by atoms with Crippen molar-refractivity contribution in [2.24, 2.45) is 0 Å². The van der Waals surface area contributed by atoms with E-state index in [1.807, 2.05) is 6.20 Å². The molecule has 188 valence electrons. The fraction of sp³-hybridized carbons (Fsp3) is 0.312. The number of H-pyrrole nitrogens is 2. The molecule has 3 heterocycles. The molecule has 2 aliphatic rings. The van der Waals surface area contributed by atoms with Gasteiger partial charge in [0.25, 0.3) is 0 Å². The summed E-state index contributed by atoms with van der Waals surface area (Å²) >= 11 is 0. The zero-order valence-corrected chi connectivity index (χ0v) is 21.9. The van der Waals surface area contributed by atoms with E-state index in [2.05, 4.69) is 84.3 Å². The van der Waals surface area contributed by atoms with Crippen LogP contribution in [0.5, 0.6) is 5.75 Å². The predicted molar refractivity (Wildman–Crippen MR) is 150 cm³/mol. The number of aromatic nitrogens is 4. The Hall–Kier alpha value is -3.86. The van der Waals surface area contributed by atoms with E-state index >= 15 is 0 Å². The second-order valence-electron chi connectivity index (χ2n) is 10.1. The number of nitrogens with zero attached hydrogens (tertiary/aromatic N) is 2. The fourth-order valence-electron chi connectivity index (χ4n) is 5.29. The first kappa shape index (κ1) is 23.5. The Bertz CT molecular complexity index is 1520. The molecule has 5 nitrogen and oxygen atoms in total. The van der Waals surface area contributed by atoms with E-state index in [1.165, 1.54) is 39.2 Å². The molecule has 0 spiro atoms. The maximum absolute atomic E-state index is 6.28. The summed E-state index contributed by atoms with van der Waals surface area (Å²) in [5.41, 5.74) is 12.2. The fourth-order valence-corrected chi connectivity index (χ4v) is 5.29. The number of imidazole rings is 2. The minimum absolute atomic E-state index is 0.573. The number of allylic oxidation sites excluding steroid dienone is 4. The normalized spacial score (nSPS) is 14.2. The van der Waals surface area contributed by atoms with E-state index in [0.717, 1.165) is 72.7 Å². The number of hydrogen-bond donors (Lipinski definition) is 2. The third kappa shape index (κ3) is 4.55. The number of benzene rings is 2. The molecule has 4 aromatic rings. The van der Waals surface area contributed by atoms with Crippen LogP contribution in [0.15, 0.2) is 60.3 Å². The van der Waals surface area contributed by atoms with Crippen LogP contribution in [0.4, 0.5) is 0 Å². The van der Waals surface area contributed by atoms with Gasteiger partial charge in [-0.25, -0.2) is 9.97 Å². The molecule has 0 atom stereocenters. The lowest BCUT2D eigenvalue weighted by atomic mass is 9.85. The Morgan fingerprint density at radius 2 is 1.84 bits per heavy atom. The number of aryl methyl sites for hydroxylation is 2. The molecule has 0 saturated carbocycles. The van der Waals surface area contributed by atoms with Gasteiger partial charge in [0.1, 0.15) is 24.0 Å². The van der Waals surface area contributed by atoms with E-state index in [-0.39, 0.29) is 0 Å². The van der Waals surface area contributed by atoms with E-state index in [1.54, 1.807) is 0 Å². The highest BCUT2D eigenvalue weighted by molar-refractivity contribution is 5.83. The number of hydrogen-bond acceptors (Lipinski definition) is 3. The standard InChI is InChI=1S/C32H34N4O/c1-4-6-7-8-30-33-18-28(35-30)22-10-12-24-25-15-21-11-13-27-32(36-31(34-27)14-9-20(3)5-2)26(21)16-23(25)19-37-29(24)17-22/h6-7,9-10,12,15-18H,4-5,8,11,13-14,19H2,1-3H3,(H,33,35)(H,34,36). The maximum Gasteiger partial charge on any atom is 0.128 e. The Kier molecular flexibility index (Phi) is 6.29. The number of rotatable bonds is 7. The lowest BCUT2D eigenvalue weighted by Crippen LogP contribution is -2.10. The second-order valence-corrected chi connectivity index (χ2v) is 10.1. The first-order valence-corrected chi connectivity index (χ1v) is 13.5. The van der Waals surface area contributed by atoms with Crippen molar-refractivity contribution in [3.05, 3.63) is 88.8 Å². The Morgan fingerprint density at radius 1 is 0.946 bits per heavy atom. The molecule has 0 amide bonds. The predicted octanol–water partition coefficient (Wildman–Crippen LogP) is 7.53. The molecule has 1 aliphatic carbocycles. The van der Waals surface area contributed by atoms with Crippen molar-refractivity contribution in [3.8, 4) is 39.4 Å². The van der Waals surface area contributed by atoms with Crippen LogP contribution in [0.3, 0.4) is 0 Å². The lowest BCUT2D eigenvalue weighted by Gasteiger charge is -2.25. The van der Waals surface area contributed by atoms with Crippen molar-refractivity contribution in [2.45, 2.75) is 65.9 Å². The molecule has 2 N–H and O–H groups in total. The first-order valence-electron chi connectivity index (χ1n) is 13.5. The van der Waals surface area contributed by atoms with Gasteiger partial charge in [0.2, 0.25) is 0 Å². The largest absolute Gasteiger partial charge is 0.488 e. The third-order valence-corrected chi connectivity index (χ3v) is 7.57. The number of ether oxygens (including phenoxy) is 1. The highest BCUT2D eigenvalue weighted by atomic mass is 16.5. The number of aromatic amines is 2. The molecule has 2 aromatic heterocycles. The number of fused-ring (bicyclic) bond motifs is 6. The SMILES string of the molecule is CCC=CCc1ncc(-c2ccc3c(c2)OCc2cc4c(cc2-3)CCc2nc(CC=C(C)CC)[nH]c2-4)[nH]1. The summed E-state index contributed by atoms with van der Waals surface area (Å²) in [4.78, 5) is 16.6. The van der Waals surface area contributed by atoms with Gasteiger partial charge in [0.15, 0.2) is 0 Å². The molecule has 6 rings (SSSR count). The summed E-state index contributed by atoms with van der Waals surface area (Å²) in [6.45, 7) is 7.09. The molecule has 2 aromatic carbocycles. The molecule has 0 unspecified atom stereocenters. The van der Waals surface area contributed by atoms with E-state index in [9.17, 15) is 0 Å². The summed E-state index contributed by atoms with van der Waals surface area (Å²) in [6.07, 6.45) is 14.3. The van der Waals surface area contributed by atoms with Crippen LogP contribution in [0, 0.1) is 0 Å². The highest BCUT2D eigenvalue weighted by Gasteiger charge is 2.25. The van der Waals surface area contributed by atoms with Gasteiger partial charge in [-0.05, 0) is 73.6 Å². The average Bonchev–Trinajstić information content (AvgIpc) is 3.58. The van der Waals surface area contributed by atoms with Crippen LogP contribution in [0.2, 0.25) is 0 Å². The summed E-state index contributed by atoms with van der Waals surface area (Å²) in [7, 11) is 0. The molecule has 0 saturated heterocycles. The van der Waals surface area contributed by atoms with Crippen LogP contribution >= 0.6 is 0 Å². The Morgan fingerprint density at radius 3 is 2.70 bits per heavy atom. The molecule has 0 bridgehead atoms. The van der Waals surface area contributed by atoms with Crippen molar-refractivity contribution in [2.75, 3.05) is 0 Å². The zero-order chi connectivity index (χ0) is 25.4. The van der Waals surface area contributed by atoms with Crippen molar-refractivity contribution < 1.29 is 4.74 Å². The summed E-state index contributed by atoms with van der Waals surface area (Å²) in [5.74, 6) is 2.97. The van der Waals surface area contributed by atoms with Gasteiger partial charge in [-0.1, -0.05) is 43.7 Å². The summed E-state index contributed by atoms with van der Waals surface area (Å²) in [6, 6.07) is 11.2. The third-order valence-electron chi connectivity index (χ3n) is 7.57. The molecule has 5 heteroatoms. The van der Waals surface area contributed by atoms with E-state index in [0.29, 0.717) is 6.61 Å². The van der Waals surface area contributed by atoms with Gasteiger partial charge in [-0.3, -0.25) is 0 Å². The maximum atomic E-state index is 6.28. The van der Waals surface area contributed by atoms with Crippen molar-refractivity contribution >= 4 is 0 Å². The van der Waals surface area contributed by atoms with Crippen LogP contribution < -0.4 is 4.74 Å². The van der Waals surface area contributed by atoms with E-state index in [4.69, 9.17) is 9.72 Å². The Balaban J connectivity index is 1.29. The van der Waals surface area contributed by atoms with Crippen molar-refractivity contribution in [1.82, 2.24) is 19.9 Å². The second kappa shape index (κ2) is 9.89. The number of nitrogens with one attached hydrogen (secondary N) is 2. The summed E-state index contributed by atoms with van der Waals surface area (Å²) in [5, 5.41) is 0. The quantitative estimate of drug-likeness (QED) is 0.263. The highest BCUT2D eigenvalue weighted by Crippen LogP contribution is 2.43. The molecular weight excluding hydrogens is 456 g/mol. The summed E-state index contributed by atoms with van der Waals surface area (Å²) < 4.78 is 6.28. The van der Waals surface area contributed by atoms with Gasteiger partial charge in [0.05, 0.1) is 23.3 Å². The lowest BCUT2D eigenvalue weighted by molar-refractivity contribution is 0.302.